The van der Waals surface area contributed by atoms with Crippen LogP contribution in [0.15, 0.2) is 58.7 Å². The van der Waals surface area contributed by atoms with Gasteiger partial charge in [-0.3, -0.25) is 9.59 Å². The summed E-state index contributed by atoms with van der Waals surface area (Å²) in [5, 5.41) is 39.8. The molecule has 0 aliphatic heterocycles. The van der Waals surface area contributed by atoms with Gasteiger partial charge in [-0.05, 0) is 78.3 Å². The van der Waals surface area contributed by atoms with Crippen molar-refractivity contribution in [3.05, 3.63) is 101 Å². The molecule has 2 aromatic rings. The van der Waals surface area contributed by atoms with E-state index in [1.807, 2.05) is 36.4 Å². The Hall–Kier alpha value is -4.14. The number of Topliss-reactive ketones (excluding diaryl/α,β-unsaturated/α-hetero) is 2. The van der Waals surface area contributed by atoms with Crippen LogP contribution in [0.2, 0.25) is 20.1 Å². The first-order valence-electron chi connectivity index (χ1n) is 14.6. The van der Waals surface area contributed by atoms with Crippen molar-refractivity contribution in [2.75, 3.05) is 0 Å². The van der Waals surface area contributed by atoms with Crippen LogP contribution in [0.5, 0.6) is 0 Å². The maximum absolute atomic E-state index is 13.6. The Balaban J connectivity index is 1.49. The lowest BCUT2D eigenvalue weighted by atomic mass is 9.72. The normalized spacial score (nSPS) is 24.0. The summed E-state index contributed by atoms with van der Waals surface area (Å²) in [5.41, 5.74) is 2.27. The van der Waals surface area contributed by atoms with Crippen molar-refractivity contribution >= 4 is 69.1 Å². The largest absolute Gasteiger partial charge is 0.289 e. The molecule has 0 heterocycles. The summed E-state index contributed by atoms with van der Waals surface area (Å²) in [6.07, 6.45) is 6.67. The number of hydrogen-bond donors (Lipinski definition) is 0. The number of nitriles is 4. The number of hydrogen-bond acceptors (Lipinski definition) is 6. The maximum Gasteiger partial charge on any atom is 0.194 e. The highest BCUT2D eigenvalue weighted by atomic mass is 35.5. The average Bonchev–Trinajstić information content (AvgIpc) is 3.42. The van der Waals surface area contributed by atoms with Crippen molar-refractivity contribution in [2.24, 2.45) is 23.7 Å². The van der Waals surface area contributed by atoms with E-state index in [9.17, 15) is 30.6 Å². The summed E-state index contributed by atoms with van der Waals surface area (Å²) >= 11 is 24.9. The van der Waals surface area contributed by atoms with Crippen molar-refractivity contribution in [3.8, 4) is 24.3 Å². The van der Waals surface area contributed by atoms with Gasteiger partial charge in [-0.1, -0.05) is 78.8 Å². The fourth-order valence-electron chi connectivity index (χ4n) is 6.77. The molecule has 1 saturated carbocycles. The highest BCUT2D eigenvalue weighted by Gasteiger charge is 2.37. The molecular formula is C36H24Cl4N4O2. The second-order valence-electron chi connectivity index (χ2n) is 11.8. The predicted octanol–water partition coefficient (Wildman–Crippen LogP) is 9.93. The van der Waals surface area contributed by atoms with E-state index < -0.39 is 0 Å². The van der Waals surface area contributed by atoms with Gasteiger partial charge in [0.25, 0.3) is 0 Å². The van der Waals surface area contributed by atoms with Crippen LogP contribution in [0.1, 0.15) is 71.4 Å². The summed E-state index contributed by atoms with van der Waals surface area (Å²) in [6, 6.07) is 13.7. The predicted molar refractivity (Wildman–Crippen MR) is 178 cm³/mol. The van der Waals surface area contributed by atoms with E-state index in [4.69, 9.17) is 46.4 Å². The molecule has 0 aromatic heterocycles. The van der Waals surface area contributed by atoms with Crippen LogP contribution in [0.3, 0.4) is 0 Å². The number of fused-ring (bicyclic) bond motifs is 2. The van der Waals surface area contributed by atoms with Crippen molar-refractivity contribution < 1.29 is 9.59 Å². The average molecular weight is 686 g/mol. The van der Waals surface area contributed by atoms with E-state index in [2.05, 4.69) is 13.8 Å². The first kappa shape index (κ1) is 33.2. The number of carbonyl (C=O) groups is 2. The molecule has 0 bridgehead atoms. The molecule has 0 radical (unpaired) electrons. The summed E-state index contributed by atoms with van der Waals surface area (Å²) in [5.74, 6) is -0.462. The van der Waals surface area contributed by atoms with Crippen LogP contribution >= 0.6 is 46.4 Å². The smallest absolute Gasteiger partial charge is 0.194 e. The molecule has 6 nitrogen and oxygen atoms in total. The van der Waals surface area contributed by atoms with E-state index in [1.54, 1.807) is 0 Å². The first-order valence-corrected chi connectivity index (χ1v) is 16.1. The van der Waals surface area contributed by atoms with Gasteiger partial charge in [-0.25, -0.2) is 0 Å². The molecule has 3 aliphatic carbocycles. The van der Waals surface area contributed by atoms with Gasteiger partial charge in [-0.15, -0.1) is 0 Å². The van der Waals surface area contributed by atoms with Crippen LogP contribution < -0.4 is 0 Å². The Morgan fingerprint density at radius 1 is 0.674 bits per heavy atom. The van der Waals surface area contributed by atoms with Gasteiger partial charge in [0.2, 0.25) is 0 Å². The number of benzene rings is 2. The third-order valence-corrected chi connectivity index (χ3v) is 10.7. The van der Waals surface area contributed by atoms with E-state index in [1.165, 1.54) is 24.3 Å². The summed E-state index contributed by atoms with van der Waals surface area (Å²) in [7, 11) is 0. The topological polar surface area (TPSA) is 129 Å². The number of rotatable bonds is 2. The maximum atomic E-state index is 13.6. The van der Waals surface area contributed by atoms with Gasteiger partial charge in [0.05, 0.1) is 20.1 Å². The first-order chi connectivity index (χ1) is 21.9. The molecule has 46 heavy (non-hydrogen) atoms. The number of nitrogens with zero attached hydrogens (tertiary/aromatic N) is 4. The van der Waals surface area contributed by atoms with Gasteiger partial charge in [0, 0.05) is 33.4 Å². The van der Waals surface area contributed by atoms with Crippen molar-refractivity contribution in [1.29, 1.82) is 21.0 Å². The quantitative estimate of drug-likeness (QED) is 0.228. The second-order valence-corrected chi connectivity index (χ2v) is 13.4. The van der Waals surface area contributed by atoms with Crippen molar-refractivity contribution in [2.45, 2.75) is 39.5 Å². The highest BCUT2D eigenvalue weighted by Crippen LogP contribution is 2.46. The van der Waals surface area contributed by atoms with Crippen LogP contribution in [0.4, 0.5) is 0 Å². The lowest BCUT2D eigenvalue weighted by molar-refractivity contribution is 0.103. The lowest BCUT2D eigenvalue weighted by Gasteiger charge is -2.33. The molecule has 228 valence electrons. The Bertz CT molecular complexity index is 2000. The Morgan fingerprint density at radius 2 is 1.09 bits per heavy atom. The number of allylic oxidation sites excluding steroid dienone is 8. The molecule has 4 atom stereocenters. The highest BCUT2D eigenvalue weighted by molar-refractivity contribution is 6.44. The molecule has 2 aromatic carbocycles. The Morgan fingerprint density at radius 3 is 1.52 bits per heavy atom. The van der Waals surface area contributed by atoms with Gasteiger partial charge >= 0.3 is 0 Å². The third kappa shape index (κ3) is 5.80. The van der Waals surface area contributed by atoms with E-state index in [0.29, 0.717) is 46.2 Å². The summed E-state index contributed by atoms with van der Waals surface area (Å²) in [4.78, 5) is 27.2. The molecule has 0 N–H and O–H groups in total. The fourth-order valence-corrected chi connectivity index (χ4v) is 7.42. The number of carbonyl (C=O) groups excluding carboxylic acids is 2. The fraction of sp³-hybridized carbons (Fsp3) is 0.278. The van der Waals surface area contributed by atoms with Gasteiger partial charge in [0.1, 0.15) is 35.4 Å². The molecule has 10 heteroatoms. The molecular weight excluding hydrogens is 662 g/mol. The number of halogens is 4. The Labute approximate surface area is 287 Å². The van der Waals surface area contributed by atoms with Gasteiger partial charge in [-0.2, -0.15) is 21.0 Å². The van der Waals surface area contributed by atoms with E-state index in [0.717, 1.165) is 12.8 Å². The minimum Gasteiger partial charge on any atom is -0.289 e. The standard InChI is InChI=1S/C36H24Cl4N4O2/c1-17-6-19(7-27-33(21(13-41)14-42)23-9-29(37)31(39)11-25(23)35(27)45)4-3-5-20(18(17)2)8-28-34(22(15-43)16-44)24-10-30(38)32(40)12-26(24)36(28)46/h7-12,17-20H,3-6H2,1-2H3/b27-7-,28-8-/t17?,18?,19-,20?/m1/s1. The minimum absolute atomic E-state index is 0.0280. The van der Waals surface area contributed by atoms with Crippen LogP contribution in [-0.4, -0.2) is 11.6 Å². The molecule has 3 aliphatic rings. The lowest BCUT2D eigenvalue weighted by Crippen LogP contribution is -2.23. The van der Waals surface area contributed by atoms with Gasteiger partial charge in [0.15, 0.2) is 11.6 Å². The van der Waals surface area contributed by atoms with Crippen LogP contribution in [0, 0.1) is 69.0 Å². The van der Waals surface area contributed by atoms with E-state index in [-0.39, 0.29) is 77.6 Å². The van der Waals surface area contributed by atoms with Crippen LogP contribution in [-0.2, 0) is 0 Å². The van der Waals surface area contributed by atoms with Crippen molar-refractivity contribution in [3.63, 3.8) is 0 Å². The molecule has 3 unspecified atom stereocenters. The van der Waals surface area contributed by atoms with Gasteiger partial charge < -0.3 is 0 Å². The van der Waals surface area contributed by atoms with E-state index >= 15 is 0 Å². The zero-order chi connectivity index (χ0) is 33.4. The Kier molecular flexibility index (Phi) is 9.61. The molecule has 0 amide bonds. The number of ketones is 2. The molecule has 0 saturated heterocycles. The monoisotopic (exact) mass is 684 g/mol. The molecule has 1 fully saturated rings. The van der Waals surface area contributed by atoms with Crippen LogP contribution in [0.25, 0.3) is 11.1 Å². The zero-order valence-electron chi connectivity index (χ0n) is 24.7. The minimum atomic E-state index is -0.305. The molecule has 5 rings (SSSR count). The molecule has 0 spiro atoms. The second kappa shape index (κ2) is 13.3. The van der Waals surface area contributed by atoms with Crippen molar-refractivity contribution in [1.82, 2.24) is 0 Å². The zero-order valence-corrected chi connectivity index (χ0v) is 27.7. The summed E-state index contributed by atoms with van der Waals surface area (Å²) < 4.78 is 0. The third-order valence-electron chi connectivity index (χ3n) is 9.27. The SMILES string of the molecule is CC1C[C@H](/C=C2\C(=O)c3cc(Cl)c(Cl)cc3C2=C(C#N)C#N)CCCC(/C=C2\C(=O)c3cc(Cl)c(Cl)cc3C2=C(C#N)C#N)C1C. The summed E-state index contributed by atoms with van der Waals surface area (Å²) in [6.45, 7) is 4.22.